The molecule has 2 rings (SSSR count). The molecule has 0 bridgehead atoms. The average Bonchev–Trinajstić information content (AvgIpc) is 3.16. The highest BCUT2D eigenvalue weighted by Crippen LogP contribution is 2.10. The van der Waals surface area contributed by atoms with Gasteiger partial charge >= 0.3 is 0 Å². The molecule has 3 N–H and O–H groups in total. The Morgan fingerprint density at radius 3 is 2.63 bits per heavy atom. The summed E-state index contributed by atoms with van der Waals surface area (Å²) in [6.07, 6.45) is 0.778. The maximum Gasteiger partial charge on any atom is 0.261 e. The summed E-state index contributed by atoms with van der Waals surface area (Å²) < 4.78 is 13.6. The van der Waals surface area contributed by atoms with Crippen LogP contribution in [0.15, 0.2) is 40.7 Å². The molecule has 0 radical (unpaired) electrons. The average molecular weight is 504 g/mol. The lowest BCUT2D eigenvalue weighted by molar-refractivity contribution is 0.0957. The number of hydrogen-bond donors (Lipinski definition) is 3. The number of aliphatic imine (C=N–C) groups is 1. The second-order valence-corrected chi connectivity index (χ2v) is 6.74. The van der Waals surface area contributed by atoms with Crippen LogP contribution in [0.2, 0.25) is 0 Å². The van der Waals surface area contributed by atoms with E-state index >= 15 is 0 Å². The molecule has 0 saturated carbocycles. The van der Waals surface area contributed by atoms with Crippen LogP contribution in [0.1, 0.15) is 34.1 Å². The second-order valence-electron chi connectivity index (χ2n) is 5.79. The molecular weight excluding hydrogens is 478 g/mol. The Morgan fingerprint density at radius 1 is 1.19 bits per heavy atom. The van der Waals surface area contributed by atoms with Gasteiger partial charge in [-0.15, -0.1) is 35.3 Å². The molecule has 0 fully saturated rings. The number of nitrogens with zero attached hydrogens (tertiary/aromatic N) is 1. The maximum absolute atomic E-state index is 13.6. The summed E-state index contributed by atoms with van der Waals surface area (Å²) in [6, 6.07) is 8.83. The van der Waals surface area contributed by atoms with Crippen molar-refractivity contribution in [3.8, 4) is 0 Å². The molecule has 1 aromatic heterocycles. The smallest absolute Gasteiger partial charge is 0.261 e. The number of guanidine groups is 1. The first-order valence-electron chi connectivity index (χ1n) is 8.69. The van der Waals surface area contributed by atoms with Gasteiger partial charge in [-0.25, -0.2) is 9.38 Å². The molecule has 0 aliphatic carbocycles. The molecule has 0 aliphatic rings. The third-order valence-corrected chi connectivity index (χ3v) is 4.55. The minimum Gasteiger partial charge on any atom is -0.357 e. The van der Waals surface area contributed by atoms with Crippen LogP contribution in [-0.4, -0.2) is 31.5 Å². The molecule has 0 atom stereocenters. The number of benzene rings is 1. The summed E-state index contributed by atoms with van der Waals surface area (Å²) >= 11 is 1.43. The van der Waals surface area contributed by atoms with Gasteiger partial charge in [-0.3, -0.25) is 4.79 Å². The number of aryl methyl sites for hydroxylation is 1. The second kappa shape index (κ2) is 12.7. The van der Waals surface area contributed by atoms with E-state index < -0.39 is 0 Å². The van der Waals surface area contributed by atoms with Gasteiger partial charge in [0, 0.05) is 19.6 Å². The maximum atomic E-state index is 13.6. The van der Waals surface area contributed by atoms with Gasteiger partial charge in [-0.05, 0) is 48.9 Å². The van der Waals surface area contributed by atoms with Gasteiger partial charge in [0.05, 0.1) is 11.4 Å². The van der Waals surface area contributed by atoms with Crippen LogP contribution >= 0.6 is 35.3 Å². The standard InChI is InChI=1S/C19H25FN4OS.HI/c1-3-21-19(24-13-15-8-7-14(2)16(20)12-15)23-10-5-9-22-18(25)17-6-4-11-26-17;/h4,6-8,11-12H,3,5,9-10,13H2,1-2H3,(H,22,25)(H2,21,23,24);1H. The van der Waals surface area contributed by atoms with Crippen molar-refractivity contribution in [2.75, 3.05) is 19.6 Å². The molecule has 1 aromatic carbocycles. The van der Waals surface area contributed by atoms with Crippen molar-refractivity contribution in [3.63, 3.8) is 0 Å². The third kappa shape index (κ3) is 8.25. The zero-order chi connectivity index (χ0) is 18.8. The van der Waals surface area contributed by atoms with Gasteiger partial charge in [0.25, 0.3) is 5.91 Å². The summed E-state index contributed by atoms with van der Waals surface area (Å²) in [6.45, 7) is 6.14. The van der Waals surface area contributed by atoms with Gasteiger partial charge in [-0.2, -0.15) is 0 Å². The molecule has 148 valence electrons. The van der Waals surface area contributed by atoms with Crippen LogP contribution in [0, 0.1) is 12.7 Å². The van der Waals surface area contributed by atoms with Gasteiger partial charge in [0.15, 0.2) is 5.96 Å². The fraction of sp³-hybridized carbons (Fsp3) is 0.368. The van der Waals surface area contributed by atoms with E-state index in [1.165, 1.54) is 17.4 Å². The number of amides is 1. The van der Waals surface area contributed by atoms with Crippen molar-refractivity contribution in [1.29, 1.82) is 0 Å². The highest BCUT2D eigenvalue weighted by molar-refractivity contribution is 14.0. The van der Waals surface area contributed by atoms with Gasteiger partial charge in [0.1, 0.15) is 5.82 Å². The zero-order valence-electron chi connectivity index (χ0n) is 15.5. The van der Waals surface area contributed by atoms with Crippen molar-refractivity contribution in [3.05, 3.63) is 57.5 Å². The summed E-state index contributed by atoms with van der Waals surface area (Å²) in [4.78, 5) is 17.0. The highest BCUT2D eigenvalue weighted by Gasteiger charge is 2.05. The number of halogens is 2. The van der Waals surface area contributed by atoms with E-state index in [-0.39, 0.29) is 35.7 Å². The highest BCUT2D eigenvalue weighted by atomic mass is 127. The lowest BCUT2D eigenvalue weighted by Gasteiger charge is -2.11. The first-order valence-corrected chi connectivity index (χ1v) is 9.57. The Hall–Kier alpha value is -1.68. The fourth-order valence-electron chi connectivity index (χ4n) is 2.24. The van der Waals surface area contributed by atoms with Crippen LogP contribution in [0.5, 0.6) is 0 Å². The Kier molecular flexibility index (Phi) is 11.0. The van der Waals surface area contributed by atoms with E-state index in [4.69, 9.17) is 0 Å². The van der Waals surface area contributed by atoms with E-state index in [0.29, 0.717) is 31.2 Å². The monoisotopic (exact) mass is 504 g/mol. The summed E-state index contributed by atoms with van der Waals surface area (Å²) in [5.41, 5.74) is 1.46. The Balaban J connectivity index is 0.00000364. The van der Waals surface area contributed by atoms with Crippen molar-refractivity contribution in [2.24, 2.45) is 4.99 Å². The summed E-state index contributed by atoms with van der Waals surface area (Å²) in [5, 5.41) is 11.2. The molecule has 0 aliphatic heterocycles. The van der Waals surface area contributed by atoms with Gasteiger partial charge < -0.3 is 16.0 Å². The van der Waals surface area contributed by atoms with Crippen molar-refractivity contribution < 1.29 is 9.18 Å². The lowest BCUT2D eigenvalue weighted by atomic mass is 10.1. The Morgan fingerprint density at radius 2 is 1.96 bits per heavy atom. The first kappa shape index (κ1) is 23.4. The van der Waals surface area contributed by atoms with E-state index in [9.17, 15) is 9.18 Å². The van der Waals surface area contributed by atoms with Crippen molar-refractivity contribution >= 4 is 47.2 Å². The Bertz CT molecular complexity index is 737. The molecule has 0 unspecified atom stereocenters. The quantitative estimate of drug-likeness (QED) is 0.223. The van der Waals surface area contributed by atoms with Crippen LogP contribution in [0.3, 0.4) is 0 Å². The summed E-state index contributed by atoms with van der Waals surface area (Å²) in [7, 11) is 0. The molecule has 0 spiro atoms. The first-order chi connectivity index (χ1) is 12.6. The number of carbonyl (C=O) groups excluding carboxylic acids is 1. The summed E-state index contributed by atoms with van der Waals surface area (Å²) in [5.74, 6) is 0.428. The number of nitrogens with one attached hydrogen (secondary N) is 3. The lowest BCUT2D eigenvalue weighted by Crippen LogP contribution is -2.38. The molecule has 8 heteroatoms. The number of carbonyl (C=O) groups is 1. The minimum absolute atomic E-state index is 0. The number of rotatable bonds is 8. The number of thiophene rings is 1. The van der Waals surface area contributed by atoms with Gasteiger partial charge in [-0.1, -0.05) is 18.2 Å². The topological polar surface area (TPSA) is 65.5 Å². The molecule has 0 saturated heterocycles. The largest absolute Gasteiger partial charge is 0.357 e. The van der Waals surface area contributed by atoms with Crippen LogP contribution in [-0.2, 0) is 6.54 Å². The molecule has 5 nitrogen and oxygen atoms in total. The molecule has 27 heavy (non-hydrogen) atoms. The van der Waals surface area contributed by atoms with E-state index in [1.807, 2.05) is 30.5 Å². The van der Waals surface area contributed by atoms with Gasteiger partial charge in [0.2, 0.25) is 0 Å². The fourth-order valence-corrected chi connectivity index (χ4v) is 2.88. The Labute approximate surface area is 180 Å². The van der Waals surface area contributed by atoms with Crippen molar-refractivity contribution in [2.45, 2.75) is 26.8 Å². The SMILES string of the molecule is CCNC(=NCc1ccc(C)c(F)c1)NCCCNC(=O)c1cccs1.I. The zero-order valence-corrected chi connectivity index (χ0v) is 18.7. The van der Waals surface area contributed by atoms with Crippen LogP contribution in [0.4, 0.5) is 4.39 Å². The van der Waals surface area contributed by atoms with Crippen molar-refractivity contribution in [1.82, 2.24) is 16.0 Å². The molecule has 1 amide bonds. The van der Waals surface area contributed by atoms with E-state index in [2.05, 4.69) is 20.9 Å². The number of hydrogen-bond acceptors (Lipinski definition) is 3. The van der Waals surface area contributed by atoms with E-state index in [1.54, 1.807) is 13.0 Å². The molecule has 2 aromatic rings. The normalized spacial score (nSPS) is 10.9. The predicted octanol–water partition coefficient (Wildman–Crippen LogP) is 3.69. The third-order valence-electron chi connectivity index (χ3n) is 3.68. The molecule has 1 heterocycles. The van der Waals surface area contributed by atoms with Crippen LogP contribution in [0.25, 0.3) is 0 Å². The minimum atomic E-state index is -0.211. The van der Waals surface area contributed by atoms with Crippen LogP contribution < -0.4 is 16.0 Å². The predicted molar refractivity (Wildman–Crippen MR) is 121 cm³/mol. The molecular formula is C19H26FIN4OS. The van der Waals surface area contributed by atoms with E-state index in [0.717, 1.165) is 23.4 Å².